The van der Waals surface area contributed by atoms with Crippen LogP contribution in [0.4, 0.5) is 5.82 Å². The van der Waals surface area contributed by atoms with Crippen LogP contribution in [0.3, 0.4) is 0 Å². The van der Waals surface area contributed by atoms with E-state index in [-0.39, 0.29) is 12.4 Å². The number of benzene rings is 2. The van der Waals surface area contributed by atoms with Crippen molar-refractivity contribution < 1.29 is 0 Å². The highest BCUT2D eigenvalue weighted by Gasteiger charge is 2.15. The Labute approximate surface area is 169 Å². The Kier molecular flexibility index (Phi) is 7.04. The summed E-state index contributed by atoms with van der Waals surface area (Å²) in [6.45, 7) is 8.98. The third-order valence-electron chi connectivity index (χ3n) is 3.75. The van der Waals surface area contributed by atoms with Crippen LogP contribution in [0.5, 0.6) is 0 Å². The van der Waals surface area contributed by atoms with E-state index in [9.17, 15) is 0 Å². The zero-order valence-corrected chi connectivity index (χ0v) is 16.4. The number of rotatable bonds is 6. The van der Waals surface area contributed by atoms with Crippen molar-refractivity contribution in [3.63, 3.8) is 0 Å². The molecule has 0 unspecified atom stereocenters. The highest BCUT2D eigenvalue weighted by molar-refractivity contribution is 6.36. The Morgan fingerprint density at radius 1 is 0.962 bits per heavy atom. The van der Waals surface area contributed by atoms with Crippen molar-refractivity contribution in [1.82, 2.24) is 9.97 Å². The van der Waals surface area contributed by atoms with E-state index in [1.54, 1.807) is 12.1 Å². The smallest absolute Gasteiger partial charge is 0.163 e. The van der Waals surface area contributed by atoms with Crippen LogP contribution >= 0.6 is 35.6 Å². The molecule has 3 aromatic rings. The fourth-order valence-corrected chi connectivity index (χ4v) is 3.14. The van der Waals surface area contributed by atoms with Crippen LogP contribution in [0, 0.1) is 0 Å². The number of hydrogen-bond acceptors (Lipinski definition) is 3. The lowest BCUT2D eigenvalue weighted by Gasteiger charge is -2.22. The summed E-state index contributed by atoms with van der Waals surface area (Å²) in [6, 6.07) is 13.2. The van der Waals surface area contributed by atoms with Gasteiger partial charge in [-0.25, -0.2) is 9.97 Å². The molecule has 0 bridgehead atoms. The summed E-state index contributed by atoms with van der Waals surface area (Å²) in [5.41, 5.74) is 1.60. The van der Waals surface area contributed by atoms with E-state index in [2.05, 4.69) is 23.0 Å². The molecule has 0 spiro atoms. The van der Waals surface area contributed by atoms with Crippen LogP contribution in [0.25, 0.3) is 22.3 Å². The Balaban J connectivity index is 0.00000243. The van der Waals surface area contributed by atoms with Crippen molar-refractivity contribution in [2.24, 2.45) is 0 Å². The summed E-state index contributed by atoms with van der Waals surface area (Å²) in [5, 5.41) is 2.07. The van der Waals surface area contributed by atoms with Gasteiger partial charge in [-0.2, -0.15) is 0 Å². The second-order valence-corrected chi connectivity index (χ2v) is 6.34. The normalized spacial score (nSPS) is 10.2. The van der Waals surface area contributed by atoms with Crippen LogP contribution in [0.15, 0.2) is 67.8 Å². The number of anilines is 1. The summed E-state index contributed by atoms with van der Waals surface area (Å²) in [5.74, 6) is 1.39. The van der Waals surface area contributed by atoms with Crippen molar-refractivity contribution in [3.05, 3.63) is 77.8 Å². The predicted molar refractivity (Wildman–Crippen MR) is 115 cm³/mol. The molecule has 2 aromatic carbocycles. The molecule has 0 N–H and O–H groups in total. The number of aromatic nitrogens is 2. The zero-order valence-electron chi connectivity index (χ0n) is 14.0. The lowest BCUT2D eigenvalue weighted by Crippen LogP contribution is -2.24. The molecule has 6 heteroatoms. The second kappa shape index (κ2) is 9.04. The molecular weight excluding hydrogens is 389 g/mol. The van der Waals surface area contributed by atoms with Gasteiger partial charge in [0.1, 0.15) is 5.82 Å². The summed E-state index contributed by atoms with van der Waals surface area (Å²) >= 11 is 12.4. The largest absolute Gasteiger partial charge is 0.349 e. The van der Waals surface area contributed by atoms with Crippen LogP contribution in [0.1, 0.15) is 0 Å². The number of para-hydroxylation sites is 1. The van der Waals surface area contributed by atoms with Crippen LogP contribution in [-0.2, 0) is 0 Å². The molecule has 1 heterocycles. The van der Waals surface area contributed by atoms with E-state index in [1.807, 2.05) is 42.5 Å². The molecule has 0 saturated carbocycles. The van der Waals surface area contributed by atoms with Gasteiger partial charge in [0.25, 0.3) is 0 Å². The summed E-state index contributed by atoms with van der Waals surface area (Å²) in [7, 11) is 0. The number of halogens is 3. The van der Waals surface area contributed by atoms with Gasteiger partial charge in [-0.05, 0) is 30.3 Å². The van der Waals surface area contributed by atoms with Crippen molar-refractivity contribution in [3.8, 4) is 11.4 Å². The SMILES string of the molecule is C=CCN(CC=C)c1nc(-c2ccc(Cl)cc2Cl)nc2ccccc12.Cl. The van der Waals surface area contributed by atoms with Gasteiger partial charge in [-0.1, -0.05) is 47.5 Å². The first-order chi connectivity index (χ1) is 12.1. The summed E-state index contributed by atoms with van der Waals surface area (Å²) < 4.78 is 0. The minimum atomic E-state index is 0. The molecule has 134 valence electrons. The summed E-state index contributed by atoms with van der Waals surface area (Å²) in [6.07, 6.45) is 3.69. The van der Waals surface area contributed by atoms with E-state index >= 15 is 0 Å². The van der Waals surface area contributed by atoms with Gasteiger partial charge in [0.15, 0.2) is 5.82 Å². The van der Waals surface area contributed by atoms with Crippen molar-refractivity contribution >= 4 is 52.3 Å². The monoisotopic (exact) mass is 405 g/mol. The summed E-state index contributed by atoms with van der Waals surface area (Å²) in [4.78, 5) is 11.6. The average Bonchev–Trinajstić information content (AvgIpc) is 2.60. The lowest BCUT2D eigenvalue weighted by molar-refractivity contribution is 0.930. The number of fused-ring (bicyclic) bond motifs is 1. The van der Waals surface area contributed by atoms with E-state index in [1.165, 1.54) is 0 Å². The number of hydrogen-bond donors (Lipinski definition) is 0. The van der Waals surface area contributed by atoms with Gasteiger partial charge in [-0.15, -0.1) is 25.6 Å². The van der Waals surface area contributed by atoms with Crippen LogP contribution < -0.4 is 4.90 Å². The Bertz CT molecular complexity index is 931. The fourth-order valence-electron chi connectivity index (χ4n) is 2.65. The first-order valence-corrected chi connectivity index (χ1v) is 8.58. The van der Waals surface area contributed by atoms with Gasteiger partial charge in [0, 0.05) is 29.1 Å². The molecule has 1 aromatic heterocycles. The van der Waals surface area contributed by atoms with Gasteiger partial charge >= 0.3 is 0 Å². The maximum absolute atomic E-state index is 6.36. The molecule has 3 rings (SSSR count). The van der Waals surface area contributed by atoms with Gasteiger partial charge in [0.05, 0.1) is 10.5 Å². The Morgan fingerprint density at radius 2 is 1.65 bits per heavy atom. The standard InChI is InChI=1S/C20H17Cl2N3.ClH/c1-3-11-25(12-4-2)20-16-7-5-6-8-18(16)23-19(24-20)15-10-9-14(21)13-17(15)22;/h3-10,13H,1-2,11-12H2;1H. The van der Waals surface area contributed by atoms with Gasteiger partial charge in [-0.3, -0.25) is 0 Å². The average molecular weight is 407 g/mol. The molecule has 0 saturated heterocycles. The minimum Gasteiger partial charge on any atom is -0.349 e. The zero-order chi connectivity index (χ0) is 17.8. The maximum Gasteiger partial charge on any atom is 0.163 e. The second-order valence-electron chi connectivity index (χ2n) is 5.49. The van der Waals surface area contributed by atoms with E-state index in [4.69, 9.17) is 28.2 Å². The van der Waals surface area contributed by atoms with Crippen molar-refractivity contribution in [2.75, 3.05) is 18.0 Å². The number of nitrogens with zero attached hydrogens (tertiary/aromatic N) is 3. The van der Waals surface area contributed by atoms with Crippen LogP contribution in [-0.4, -0.2) is 23.1 Å². The fraction of sp³-hybridized carbons (Fsp3) is 0.100. The first-order valence-electron chi connectivity index (χ1n) is 7.83. The lowest BCUT2D eigenvalue weighted by atomic mass is 10.1. The third-order valence-corrected chi connectivity index (χ3v) is 4.30. The van der Waals surface area contributed by atoms with Gasteiger partial charge in [0.2, 0.25) is 0 Å². The topological polar surface area (TPSA) is 29.0 Å². The molecule has 26 heavy (non-hydrogen) atoms. The molecule has 0 radical (unpaired) electrons. The van der Waals surface area contributed by atoms with E-state index in [0.717, 1.165) is 22.3 Å². The van der Waals surface area contributed by atoms with Crippen molar-refractivity contribution in [1.29, 1.82) is 0 Å². The Morgan fingerprint density at radius 3 is 2.31 bits per heavy atom. The maximum atomic E-state index is 6.36. The minimum absolute atomic E-state index is 0. The molecule has 0 aliphatic heterocycles. The Hall–Kier alpha value is -2.07. The van der Waals surface area contributed by atoms with Gasteiger partial charge < -0.3 is 4.90 Å². The molecular formula is C20H18Cl3N3. The quantitative estimate of drug-likeness (QED) is 0.456. The van der Waals surface area contributed by atoms with E-state index < -0.39 is 0 Å². The molecule has 0 aliphatic carbocycles. The molecule has 3 nitrogen and oxygen atoms in total. The molecule has 0 fully saturated rings. The van der Waals surface area contributed by atoms with Crippen LogP contribution in [0.2, 0.25) is 10.0 Å². The highest BCUT2D eigenvalue weighted by atomic mass is 35.5. The van der Waals surface area contributed by atoms with E-state index in [0.29, 0.717) is 29.0 Å². The molecule has 0 atom stereocenters. The molecule has 0 amide bonds. The first kappa shape index (κ1) is 20.2. The predicted octanol–water partition coefficient (Wildman–Crippen LogP) is 6.20. The highest BCUT2D eigenvalue weighted by Crippen LogP contribution is 2.32. The molecule has 0 aliphatic rings. The third kappa shape index (κ3) is 4.18. The van der Waals surface area contributed by atoms with Crippen molar-refractivity contribution in [2.45, 2.75) is 0 Å².